The molecule has 0 radical (unpaired) electrons. The van der Waals surface area contributed by atoms with E-state index in [4.69, 9.17) is 25.8 Å². The molecule has 0 aromatic heterocycles. The van der Waals surface area contributed by atoms with Crippen LogP contribution in [0.4, 0.5) is 0 Å². The molecular formula is C41H38ClNO6. The molecule has 5 aromatic rings. The number of hydrogen-bond donors (Lipinski definition) is 1. The van der Waals surface area contributed by atoms with Crippen molar-refractivity contribution < 1.29 is 28.6 Å². The van der Waals surface area contributed by atoms with Crippen LogP contribution in [0.25, 0.3) is 0 Å². The predicted molar refractivity (Wildman–Crippen MR) is 191 cm³/mol. The first-order chi connectivity index (χ1) is 23.7. The van der Waals surface area contributed by atoms with Crippen molar-refractivity contribution in [2.24, 2.45) is 0 Å². The number of aryl methyl sites for hydroxylation is 1. The molecule has 8 heteroatoms. The third-order valence-corrected chi connectivity index (χ3v) is 8.56. The van der Waals surface area contributed by atoms with E-state index in [-0.39, 0.29) is 24.5 Å². The minimum atomic E-state index is -1.35. The lowest BCUT2D eigenvalue weighted by Gasteiger charge is -2.36. The Morgan fingerprint density at radius 3 is 2.04 bits per heavy atom. The lowest BCUT2D eigenvalue weighted by atomic mass is 9.79. The number of carbonyl (C=O) groups is 3. The van der Waals surface area contributed by atoms with Crippen LogP contribution < -0.4 is 14.8 Å². The number of esters is 1. The average Bonchev–Trinajstić information content (AvgIpc) is 3.13. The van der Waals surface area contributed by atoms with Gasteiger partial charge >= 0.3 is 5.97 Å². The maximum Gasteiger partial charge on any atom is 0.339 e. The summed E-state index contributed by atoms with van der Waals surface area (Å²) in [6.07, 6.45) is 0.850. The fraction of sp³-hybridized carbons (Fsp3) is 0.195. The summed E-state index contributed by atoms with van der Waals surface area (Å²) < 4.78 is 17.0. The van der Waals surface area contributed by atoms with Gasteiger partial charge in [-0.2, -0.15) is 0 Å². The van der Waals surface area contributed by atoms with Gasteiger partial charge in [-0.15, -0.1) is 0 Å². The molecule has 1 unspecified atom stereocenters. The molecule has 0 heterocycles. The third kappa shape index (κ3) is 8.37. The molecule has 1 N–H and O–H groups in total. The Labute approximate surface area is 291 Å². The number of hydrogen-bond acceptors (Lipinski definition) is 6. The Morgan fingerprint density at radius 2 is 1.37 bits per heavy atom. The number of rotatable bonds is 14. The number of carbonyl (C=O) groups excluding carboxylic acids is 3. The van der Waals surface area contributed by atoms with Gasteiger partial charge in [0, 0.05) is 52.7 Å². The van der Waals surface area contributed by atoms with E-state index in [0.29, 0.717) is 51.7 Å². The van der Waals surface area contributed by atoms with E-state index in [1.54, 1.807) is 42.5 Å². The van der Waals surface area contributed by atoms with Crippen molar-refractivity contribution in [2.75, 3.05) is 20.8 Å². The van der Waals surface area contributed by atoms with Gasteiger partial charge in [-0.05, 0) is 49.2 Å². The van der Waals surface area contributed by atoms with E-state index in [2.05, 4.69) is 5.32 Å². The van der Waals surface area contributed by atoms with Crippen LogP contribution in [0.5, 0.6) is 11.5 Å². The highest BCUT2D eigenvalue weighted by atomic mass is 35.5. The van der Waals surface area contributed by atoms with E-state index >= 15 is 0 Å². The van der Waals surface area contributed by atoms with Crippen LogP contribution in [-0.4, -0.2) is 38.4 Å². The van der Waals surface area contributed by atoms with Crippen LogP contribution in [0.2, 0.25) is 5.02 Å². The molecule has 0 bridgehead atoms. The Balaban J connectivity index is 1.30. The Kier molecular flexibility index (Phi) is 11.5. The molecular weight excluding hydrogens is 638 g/mol. The van der Waals surface area contributed by atoms with E-state index in [1.807, 2.05) is 85.8 Å². The molecule has 1 amide bonds. The van der Waals surface area contributed by atoms with E-state index in [9.17, 15) is 14.4 Å². The molecule has 0 saturated heterocycles. The normalized spacial score (nSPS) is 12.0. The third-order valence-electron chi connectivity index (χ3n) is 8.23. The van der Waals surface area contributed by atoms with Crippen LogP contribution >= 0.6 is 11.6 Å². The highest BCUT2D eigenvalue weighted by molar-refractivity contribution is 6.31. The molecule has 5 aromatic carbocycles. The van der Waals surface area contributed by atoms with Gasteiger partial charge in [0.25, 0.3) is 5.91 Å². The SMILES string of the molecule is COc1cc(OC)cc(C(=O)NCCCC(=O)Cc2cccc(C(=O)OC(c3ccccc3)(c3ccc(C)cc3)c3ccccc3Cl)c2)c1. The molecule has 7 nitrogen and oxygen atoms in total. The number of ketones is 1. The fourth-order valence-corrected chi connectivity index (χ4v) is 5.98. The molecule has 1 atom stereocenters. The first-order valence-electron chi connectivity index (χ1n) is 16.0. The molecule has 0 fully saturated rings. The monoisotopic (exact) mass is 675 g/mol. The summed E-state index contributed by atoms with van der Waals surface area (Å²) in [6.45, 7) is 2.32. The lowest BCUT2D eigenvalue weighted by Crippen LogP contribution is -2.35. The van der Waals surface area contributed by atoms with Crippen LogP contribution in [0.15, 0.2) is 121 Å². The summed E-state index contributed by atoms with van der Waals surface area (Å²) in [5.41, 5.74) is 3.23. The molecule has 0 aliphatic heterocycles. The number of amides is 1. The highest BCUT2D eigenvalue weighted by Gasteiger charge is 2.42. The lowest BCUT2D eigenvalue weighted by molar-refractivity contribution is -0.118. The van der Waals surface area contributed by atoms with Crippen molar-refractivity contribution in [1.29, 1.82) is 0 Å². The van der Waals surface area contributed by atoms with Crippen molar-refractivity contribution in [3.8, 4) is 11.5 Å². The minimum Gasteiger partial charge on any atom is -0.497 e. The molecule has 0 aliphatic carbocycles. The predicted octanol–water partition coefficient (Wildman–Crippen LogP) is 8.14. The van der Waals surface area contributed by atoms with Crippen LogP contribution in [-0.2, 0) is 21.6 Å². The molecule has 5 rings (SSSR count). The zero-order valence-electron chi connectivity index (χ0n) is 27.7. The summed E-state index contributed by atoms with van der Waals surface area (Å²) in [7, 11) is 3.04. The molecule has 0 aliphatic rings. The van der Waals surface area contributed by atoms with Crippen molar-refractivity contribution in [2.45, 2.75) is 31.8 Å². The van der Waals surface area contributed by atoms with Crippen molar-refractivity contribution in [3.63, 3.8) is 0 Å². The average molecular weight is 676 g/mol. The first kappa shape index (κ1) is 34.9. The number of Topliss-reactive ketones (excluding diaryl/α,β-unsaturated/α-hetero) is 1. The zero-order chi connectivity index (χ0) is 34.8. The summed E-state index contributed by atoms with van der Waals surface area (Å²) in [6, 6.07) is 36.6. The van der Waals surface area contributed by atoms with Gasteiger partial charge in [0.1, 0.15) is 17.3 Å². The summed E-state index contributed by atoms with van der Waals surface area (Å²) in [5.74, 6) is 0.156. The maximum absolute atomic E-state index is 14.1. The number of ether oxygens (including phenoxy) is 3. The number of halogens is 1. The summed E-state index contributed by atoms with van der Waals surface area (Å²) >= 11 is 6.81. The van der Waals surface area contributed by atoms with Crippen LogP contribution in [0.3, 0.4) is 0 Å². The molecule has 250 valence electrons. The quantitative estimate of drug-likeness (QED) is 0.0726. The second kappa shape index (κ2) is 16.1. The van der Waals surface area contributed by atoms with Crippen molar-refractivity contribution in [3.05, 3.63) is 165 Å². The summed E-state index contributed by atoms with van der Waals surface area (Å²) in [5, 5.41) is 3.30. The molecule has 0 spiro atoms. The minimum absolute atomic E-state index is 0.0165. The van der Waals surface area contributed by atoms with Crippen LogP contribution in [0.1, 0.15) is 61.4 Å². The van der Waals surface area contributed by atoms with Crippen molar-refractivity contribution in [1.82, 2.24) is 5.32 Å². The number of nitrogens with one attached hydrogen (secondary N) is 1. The van der Waals surface area contributed by atoms with E-state index in [1.165, 1.54) is 14.2 Å². The van der Waals surface area contributed by atoms with Gasteiger partial charge < -0.3 is 19.5 Å². The fourth-order valence-electron chi connectivity index (χ4n) is 5.71. The molecule has 0 saturated carbocycles. The Hall–Kier alpha value is -5.40. The number of methoxy groups -OCH3 is 2. The topological polar surface area (TPSA) is 90.9 Å². The van der Waals surface area contributed by atoms with Gasteiger partial charge in [0.2, 0.25) is 0 Å². The number of benzene rings is 5. The first-order valence-corrected chi connectivity index (χ1v) is 16.3. The Morgan fingerprint density at radius 1 is 0.714 bits per heavy atom. The van der Waals surface area contributed by atoms with Gasteiger partial charge in [-0.1, -0.05) is 102 Å². The van der Waals surface area contributed by atoms with E-state index in [0.717, 1.165) is 16.7 Å². The molecule has 49 heavy (non-hydrogen) atoms. The second-order valence-electron chi connectivity index (χ2n) is 11.7. The summed E-state index contributed by atoms with van der Waals surface area (Å²) in [4.78, 5) is 39.7. The second-order valence-corrected chi connectivity index (χ2v) is 12.1. The smallest absolute Gasteiger partial charge is 0.339 e. The maximum atomic E-state index is 14.1. The van der Waals surface area contributed by atoms with Gasteiger partial charge in [-0.3, -0.25) is 9.59 Å². The highest BCUT2D eigenvalue weighted by Crippen LogP contribution is 2.44. The van der Waals surface area contributed by atoms with Gasteiger partial charge in [0.15, 0.2) is 5.60 Å². The van der Waals surface area contributed by atoms with Gasteiger partial charge in [0.05, 0.1) is 19.8 Å². The van der Waals surface area contributed by atoms with Gasteiger partial charge in [-0.25, -0.2) is 4.79 Å². The standard InChI is InChI=1S/C41H38ClNO6/c1-28-18-20-33(21-19-28)41(32-13-5-4-6-14-32,37-16-7-8-17-38(37)42)49-40(46)30-12-9-11-29(23-30)24-34(44)15-10-22-43-39(45)31-25-35(47-2)27-36(26-31)48-3/h4-9,11-14,16-21,23,25-27H,10,15,22,24H2,1-3H3,(H,43,45). The largest absolute Gasteiger partial charge is 0.497 e. The Bertz CT molecular complexity index is 1900. The van der Waals surface area contributed by atoms with Crippen LogP contribution in [0, 0.1) is 6.92 Å². The van der Waals surface area contributed by atoms with E-state index < -0.39 is 11.6 Å². The van der Waals surface area contributed by atoms with Crippen molar-refractivity contribution >= 4 is 29.3 Å². The zero-order valence-corrected chi connectivity index (χ0v) is 28.5.